The minimum atomic E-state index is -0.425. The van der Waals surface area contributed by atoms with Crippen LogP contribution in [0.25, 0.3) is 0 Å². The van der Waals surface area contributed by atoms with Crippen LogP contribution in [0.4, 0.5) is 4.39 Å². The third-order valence-electron chi connectivity index (χ3n) is 2.25. The van der Waals surface area contributed by atoms with Gasteiger partial charge in [0.1, 0.15) is 5.82 Å². The first-order valence-corrected chi connectivity index (χ1v) is 6.13. The summed E-state index contributed by atoms with van der Waals surface area (Å²) >= 11 is 3.22. The van der Waals surface area contributed by atoms with Crippen LogP contribution in [-0.2, 0) is 7.05 Å². The lowest BCUT2D eigenvalue weighted by molar-refractivity contribution is 0.0948. The van der Waals surface area contributed by atoms with E-state index in [9.17, 15) is 9.18 Å². The molecule has 0 aliphatic heterocycles. The molecule has 1 aromatic carbocycles. The van der Waals surface area contributed by atoms with Gasteiger partial charge in [0, 0.05) is 13.2 Å². The van der Waals surface area contributed by atoms with Crippen LogP contribution >= 0.6 is 15.9 Å². The van der Waals surface area contributed by atoms with E-state index in [4.69, 9.17) is 0 Å². The van der Waals surface area contributed by atoms with Gasteiger partial charge in [0.2, 0.25) is 0 Å². The number of hydrogen-bond donors (Lipinski definition) is 1. The minimum Gasteiger partial charge on any atom is -0.274 e. The van der Waals surface area contributed by atoms with E-state index in [2.05, 4.69) is 31.6 Å². The van der Waals surface area contributed by atoms with Crippen molar-refractivity contribution < 1.29 is 9.18 Å². The number of hydrogen-bond acceptors (Lipinski definition) is 3. The molecule has 0 saturated carbocycles. The Kier molecular flexibility index (Phi) is 4.06. The number of aromatic nitrogens is 2. The summed E-state index contributed by atoms with van der Waals surface area (Å²) in [5.41, 5.74) is 3.28. The summed E-state index contributed by atoms with van der Waals surface area (Å²) in [6.45, 7) is 0. The molecule has 1 aromatic heterocycles. The normalized spacial score (nSPS) is 10.9. The first-order chi connectivity index (χ1) is 9.06. The molecule has 0 saturated heterocycles. The Morgan fingerprint density at radius 3 is 2.74 bits per heavy atom. The molecule has 0 unspecified atom stereocenters. The third kappa shape index (κ3) is 3.47. The number of halogens is 2. The van der Waals surface area contributed by atoms with Crippen molar-refractivity contribution in [2.24, 2.45) is 12.1 Å². The second-order valence-corrected chi connectivity index (χ2v) is 4.60. The van der Waals surface area contributed by atoms with Crippen LogP contribution in [0, 0.1) is 5.82 Å². The van der Waals surface area contributed by atoms with Crippen molar-refractivity contribution in [3.8, 4) is 0 Å². The SMILES string of the molecule is Cn1cc(Br)c(C(=O)N/N=C/c2ccc(F)cc2)n1. The molecule has 5 nitrogen and oxygen atoms in total. The fraction of sp³-hybridized carbons (Fsp3) is 0.0833. The molecule has 0 atom stereocenters. The standard InChI is InChI=1S/C12H10BrFN4O/c1-18-7-10(13)11(17-18)12(19)16-15-6-8-2-4-9(14)5-3-8/h2-7H,1H3,(H,16,19)/b15-6+. The van der Waals surface area contributed by atoms with Gasteiger partial charge in [-0.1, -0.05) is 12.1 Å². The number of rotatable bonds is 3. The summed E-state index contributed by atoms with van der Waals surface area (Å²) in [7, 11) is 1.71. The van der Waals surface area contributed by atoms with Gasteiger partial charge < -0.3 is 0 Å². The van der Waals surface area contributed by atoms with Gasteiger partial charge in [-0.2, -0.15) is 10.2 Å². The summed E-state index contributed by atoms with van der Waals surface area (Å²) in [6, 6.07) is 5.75. The van der Waals surface area contributed by atoms with Crippen molar-refractivity contribution in [2.75, 3.05) is 0 Å². The van der Waals surface area contributed by atoms with Crippen LogP contribution in [-0.4, -0.2) is 21.9 Å². The number of nitrogens with zero attached hydrogens (tertiary/aromatic N) is 3. The number of carbonyl (C=O) groups excluding carboxylic acids is 1. The van der Waals surface area contributed by atoms with Gasteiger partial charge in [0.25, 0.3) is 5.91 Å². The molecule has 0 spiro atoms. The molecule has 0 aliphatic carbocycles. The molecule has 1 N–H and O–H groups in total. The molecule has 2 rings (SSSR count). The quantitative estimate of drug-likeness (QED) is 0.694. The number of amides is 1. The maximum Gasteiger partial charge on any atom is 0.293 e. The van der Waals surface area contributed by atoms with E-state index in [-0.39, 0.29) is 11.5 Å². The van der Waals surface area contributed by atoms with E-state index in [0.717, 1.165) is 0 Å². The van der Waals surface area contributed by atoms with E-state index < -0.39 is 5.91 Å². The Labute approximate surface area is 117 Å². The number of aryl methyl sites for hydroxylation is 1. The zero-order valence-electron chi connectivity index (χ0n) is 9.97. The van der Waals surface area contributed by atoms with Gasteiger partial charge in [-0.05, 0) is 33.6 Å². The van der Waals surface area contributed by atoms with Gasteiger partial charge in [-0.15, -0.1) is 0 Å². The summed E-state index contributed by atoms with van der Waals surface area (Å²) in [5.74, 6) is -0.746. The molecule has 98 valence electrons. The smallest absolute Gasteiger partial charge is 0.274 e. The molecular formula is C12H10BrFN4O. The largest absolute Gasteiger partial charge is 0.293 e. The highest BCUT2D eigenvalue weighted by Crippen LogP contribution is 2.13. The zero-order chi connectivity index (χ0) is 13.8. The Morgan fingerprint density at radius 2 is 2.16 bits per heavy atom. The minimum absolute atomic E-state index is 0.249. The molecule has 7 heteroatoms. The van der Waals surface area contributed by atoms with Crippen molar-refractivity contribution in [3.05, 3.63) is 52.0 Å². The van der Waals surface area contributed by atoms with E-state index in [1.54, 1.807) is 25.4 Å². The van der Waals surface area contributed by atoms with Crippen LogP contribution in [0.2, 0.25) is 0 Å². The second kappa shape index (κ2) is 5.75. The molecule has 2 aromatic rings. The van der Waals surface area contributed by atoms with Crippen LogP contribution in [0.3, 0.4) is 0 Å². The van der Waals surface area contributed by atoms with Crippen molar-refractivity contribution in [1.82, 2.24) is 15.2 Å². The summed E-state index contributed by atoms with van der Waals surface area (Å²) in [5, 5.41) is 7.76. The fourth-order valence-electron chi connectivity index (χ4n) is 1.38. The number of carbonyl (C=O) groups is 1. The molecule has 1 heterocycles. The predicted molar refractivity (Wildman–Crippen MR) is 72.4 cm³/mol. The van der Waals surface area contributed by atoms with Crippen molar-refractivity contribution in [1.29, 1.82) is 0 Å². The van der Waals surface area contributed by atoms with Gasteiger partial charge in [0.05, 0.1) is 10.7 Å². The maximum absolute atomic E-state index is 12.7. The topological polar surface area (TPSA) is 59.3 Å². The van der Waals surface area contributed by atoms with Crippen molar-refractivity contribution in [3.63, 3.8) is 0 Å². The van der Waals surface area contributed by atoms with Crippen molar-refractivity contribution in [2.45, 2.75) is 0 Å². The van der Waals surface area contributed by atoms with E-state index in [1.165, 1.54) is 23.0 Å². The lowest BCUT2D eigenvalue weighted by Crippen LogP contribution is -2.18. The Hall–Kier alpha value is -2.02. The highest BCUT2D eigenvalue weighted by atomic mass is 79.9. The van der Waals surface area contributed by atoms with Crippen LogP contribution in [0.15, 0.2) is 40.0 Å². The highest BCUT2D eigenvalue weighted by Gasteiger charge is 2.13. The molecule has 0 bridgehead atoms. The average Bonchev–Trinajstić information content (AvgIpc) is 2.71. The zero-order valence-corrected chi connectivity index (χ0v) is 11.6. The monoisotopic (exact) mass is 324 g/mol. The molecule has 19 heavy (non-hydrogen) atoms. The van der Waals surface area contributed by atoms with Crippen LogP contribution in [0.5, 0.6) is 0 Å². The molecule has 1 amide bonds. The molecule has 0 aliphatic rings. The molecule has 0 radical (unpaired) electrons. The molecular weight excluding hydrogens is 315 g/mol. The highest BCUT2D eigenvalue weighted by molar-refractivity contribution is 9.10. The van der Waals surface area contributed by atoms with Crippen LogP contribution in [0.1, 0.15) is 16.1 Å². The number of hydrazone groups is 1. The Morgan fingerprint density at radius 1 is 1.47 bits per heavy atom. The Balaban J connectivity index is 2.00. The average molecular weight is 325 g/mol. The number of benzene rings is 1. The van der Waals surface area contributed by atoms with Gasteiger partial charge in [-0.3, -0.25) is 9.48 Å². The first-order valence-electron chi connectivity index (χ1n) is 5.34. The van der Waals surface area contributed by atoms with E-state index in [0.29, 0.717) is 10.0 Å². The van der Waals surface area contributed by atoms with Crippen molar-refractivity contribution >= 4 is 28.1 Å². The predicted octanol–water partition coefficient (Wildman–Crippen LogP) is 2.09. The lowest BCUT2D eigenvalue weighted by Gasteiger charge is -1.96. The van der Waals surface area contributed by atoms with E-state index >= 15 is 0 Å². The molecule has 0 fully saturated rings. The lowest BCUT2D eigenvalue weighted by atomic mass is 10.2. The first kappa shape index (κ1) is 13.4. The number of nitrogens with one attached hydrogen (secondary N) is 1. The third-order valence-corrected chi connectivity index (χ3v) is 2.83. The summed E-state index contributed by atoms with van der Waals surface area (Å²) in [4.78, 5) is 11.7. The maximum atomic E-state index is 12.7. The van der Waals surface area contributed by atoms with Gasteiger partial charge >= 0.3 is 0 Å². The summed E-state index contributed by atoms with van der Waals surface area (Å²) in [6.07, 6.45) is 3.09. The summed E-state index contributed by atoms with van der Waals surface area (Å²) < 4.78 is 14.8. The van der Waals surface area contributed by atoms with Gasteiger partial charge in [0.15, 0.2) is 5.69 Å². The van der Waals surface area contributed by atoms with Crippen LogP contribution < -0.4 is 5.43 Å². The fourth-order valence-corrected chi connectivity index (χ4v) is 1.94. The second-order valence-electron chi connectivity index (χ2n) is 3.75. The Bertz CT molecular complexity index is 621. The van der Waals surface area contributed by atoms with Gasteiger partial charge in [-0.25, -0.2) is 9.82 Å². The van der Waals surface area contributed by atoms with E-state index in [1.807, 2.05) is 0 Å².